The van der Waals surface area contributed by atoms with Crippen molar-refractivity contribution in [3.05, 3.63) is 29.8 Å². The third kappa shape index (κ3) is 3.39. The molecular weight excluding hydrogens is 271 g/mol. The first-order valence-electron chi connectivity index (χ1n) is 6.90. The van der Waals surface area contributed by atoms with E-state index in [-0.39, 0.29) is 24.9 Å². The highest BCUT2D eigenvalue weighted by Crippen LogP contribution is 2.36. The van der Waals surface area contributed by atoms with Crippen molar-refractivity contribution >= 4 is 18.7 Å². The van der Waals surface area contributed by atoms with Gasteiger partial charge in [0.05, 0.1) is 18.3 Å². The van der Waals surface area contributed by atoms with Crippen molar-refractivity contribution in [3.8, 4) is 0 Å². The van der Waals surface area contributed by atoms with Gasteiger partial charge >= 0.3 is 13.3 Å². The Bertz CT molecular complexity index is 493. The van der Waals surface area contributed by atoms with E-state index >= 15 is 0 Å². The predicted octanol–water partition coefficient (Wildman–Crippen LogP) is 2.27. The first-order chi connectivity index (χ1) is 9.75. The molecule has 1 fully saturated rings. The van der Waals surface area contributed by atoms with Crippen molar-refractivity contribution in [2.45, 2.75) is 45.5 Å². The Morgan fingerprint density at radius 3 is 2.10 bits per heavy atom. The number of rotatable bonds is 3. The number of carbonyl (C=O) groups excluding carboxylic acids is 1. The lowest BCUT2D eigenvalue weighted by Gasteiger charge is -2.32. The molecule has 0 spiro atoms. The standard InChI is InChI=1S/C15H21BO5/c1-14(2)15(3,4)21-16(20-14)12-8-6-11(7-9-12)10-19-13(17)18-5/h6-9H,10H2,1-5H3. The summed E-state index contributed by atoms with van der Waals surface area (Å²) in [6.07, 6.45) is -0.690. The molecule has 21 heavy (non-hydrogen) atoms. The summed E-state index contributed by atoms with van der Waals surface area (Å²) < 4.78 is 21.3. The zero-order valence-electron chi connectivity index (χ0n) is 13.1. The Kier molecular flexibility index (Phi) is 4.30. The van der Waals surface area contributed by atoms with E-state index in [4.69, 9.17) is 14.0 Å². The van der Waals surface area contributed by atoms with Gasteiger partial charge in [-0.25, -0.2) is 4.79 Å². The molecule has 1 aliphatic heterocycles. The van der Waals surface area contributed by atoms with Gasteiger partial charge in [-0.2, -0.15) is 0 Å². The summed E-state index contributed by atoms with van der Waals surface area (Å²) in [5.74, 6) is 0. The van der Waals surface area contributed by atoms with Crippen LogP contribution in [0.4, 0.5) is 4.79 Å². The first-order valence-corrected chi connectivity index (χ1v) is 6.90. The highest BCUT2D eigenvalue weighted by molar-refractivity contribution is 6.62. The maximum Gasteiger partial charge on any atom is 0.508 e. The van der Waals surface area contributed by atoms with Crippen LogP contribution < -0.4 is 5.46 Å². The molecule has 114 valence electrons. The van der Waals surface area contributed by atoms with E-state index in [2.05, 4.69) is 4.74 Å². The van der Waals surface area contributed by atoms with Crippen molar-refractivity contribution in [1.29, 1.82) is 0 Å². The molecule has 1 aromatic rings. The van der Waals surface area contributed by atoms with E-state index < -0.39 is 6.16 Å². The van der Waals surface area contributed by atoms with Crippen LogP contribution in [-0.2, 0) is 25.4 Å². The average molecular weight is 292 g/mol. The van der Waals surface area contributed by atoms with Crippen molar-refractivity contribution < 1.29 is 23.6 Å². The molecule has 5 nitrogen and oxygen atoms in total. The highest BCUT2D eigenvalue weighted by atomic mass is 16.7. The van der Waals surface area contributed by atoms with Crippen LogP contribution in [0.5, 0.6) is 0 Å². The highest BCUT2D eigenvalue weighted by Gasteiger charge is 2.51. The second-order valence-corrected chi connectivity index (χ2v) is 6.07. The van der Waals surface area contributed by atoms with Crippen LogP contribution in [0.25, 0.3) is 0 Å². The number of ether oxygens (including phenoxy) is 2. The zero-order valence-corrected chi connectivity index (χ0v) is 13.1. The molecule has 0 aromatic heterocycles. The van der Waals surface area contributed by atoms with E-state index in [1.807, 2.05) is 52.0 Å². The van der Waals surface area contributed by atoms with Gasteiger partial charge < -0.3 is 18.8 Å². The summed E-state index contributed by atoms with van der Waals surface area (Å²) in [4.78, 5) is 10.9. The zero-order chi connectivity index (χ0) is 15.7. The minimum absolute atomic E-state index is 0.177. The molecule has 2 rings (SSSR count). The molecule has 6 heteroatoms. The molecule has 0 atom stereocenters. The van der Waals surface area contributed by atoms with Crippen molar-refractivity contribution in [2.24, 2.45) is 0 Å². The summed E-state index contributed by atoms with van der Waals surface area (Å²) >= 11 is 0. The van der Waals surface area contributed by atoms with Crippen LogP contribution in [0.1, 0.15) is 33.3 Å². The lowest BCUT2D eigenvalue weighted by atomic mass is 9.79. The predicted molar refractivity (Wildman–Crippen MR) is 79.4 cm³/mol. The number of methoxy groups -OCH3 is 1. The summed E-state index contributed by atoms with van der Waals surface area (Å²) in [5.41, 5.74) is 1.10. The van der Waals surface area contributed by atoms with Crippen molar-refractivity contribution in [2.75, 3.05) is 7.11 Å². The van der Waals surface area contributed by atoms with Crippen molar-refractivity contribution in [1.82, 2.24) is 0 Å². The van der Waals surface area contributed by atoms with Crippen LogP contribution in [0.2, 0.25) is 0 Å². The van der Waals surface area contributed by atoms with Crippen LogP contribution >= 0.6 is 0 Å². The van der Waals surface area contributed by atoms with Gasteiger partial charge in [-0.15, -0.1) is 0 Å². The monoisotopic (exact) mass is 292 g/mol. The van der Waals surface area contributed by atoms with Gasteiger partial charge in [-0.05, 0) is 38.7 Å². The Labute approximate surface area is 125 Å². The maximum atomic E-state index is 10.9. The number of carbonyl (C=O) groups is 1. The second-order valence-electron chi connectivity index (χ2n) is 6.07. The lowest BCUT2D eigenvalue weighted by Crippen LogP contribution is -2.41. The average Bonchev–Trinajstić information content (AvgIpc) is 2.65. The fraction of sp³-hybridized carbons (Fsp3) is 0.533. The van der Waals surface area contributed by atoms with E-state index in [9.17, 15) is 4.79 Å². The minimum atomic E-state index is -0.690. The molecule has 0 bridgehead atoms. The molecule has 0 radical (unpaired) electrons. The summed E-state index contributed by atoms with van der Waals surface area (Å²) in [6.45, 7) is 8.25. The molecule has 0 aliphatic carbocycles. The molecule has 1 saturated heterocycles. The summed E-state index contributed by atoms with van der Waals surface area (Å²) in [6, 6.07) is 7.59. The Morgan fingerprint density at radius 2 is 1.62 bits per heavy atom. The van der Waals surface area contributed by atoms with Crippen LogP contribution in [0.3, 0.4) is 0 Å². The molecule has 0 amide bonds. The Balaban J connectivity index is 2.02. The van der Waals surface area contributed by atoms with Gasteiger partial charge in [0.25, 0.3) is 0 Å². The maximum absolute atomic E-state index is 10.9. The number of hydrogen-bond acceptors (Lipinski definition) is 5. The fourth-order valence-electron chi connectivity index (χ4n) is 1.95. The van der Waals surface area contributed by atoms with Crippen LogP contribution in [0.15, 0.2) is 24.3 Å². The quantitative estimate of drug-likeness (QED) is 0.632. The molecular formula is C15H21BO5. The van der Waals surface area contributed by atoms with Gasteiger partial charge in [-0.1, -0.05) is 24.3 Å². The fourth-order valence-corrected chi connectivity index (χ4v) is 1.95. The van der Waals surface area contributed by atoms with Gasteiger partial charge in [0, 0.05) is 0 Å². The van der Waals surface area contributed by atoms with E-state index in [0.29, 0.717) is 0 Å². The van der Waals surface area contributed by atoms with E-state index in [1.54, 1.807) is 0 Å². The van der Waals surface area contributed by atoms with Gasteiger partial charge in [-0.3, -0.25) is 0 Å². The van der Waals surface area contributed by atoms with E-state index in [0.717, 1.165) is 11.0 Å². The smallest absolute Gasteiger partial charge is 0.438 e. The second kappa shape index (κ2) is 5.69. The molecule has 1 aromatic carbocycles. The Morgan fingerprint density at radius 1 is 1.10 bits per heavy atom. The largest absolute Gasteiger partial charge is 0.508 e. The van der Waals surface area contributed by atoms with Gasteiger partial charge in [0.1, 0.15) is 6.61 Å². The minimum Gasteiger partial charge on any atom is -0.438 e. The molecule has 0 unspecified atom stereocenters. The molecule has 1 heterocycles. The normalized spacial score (nSPS) is 19.4. The topological polar surface area (TPSA) is 54.0 Å². The Hall–Kier alpha value is -1.53. The molecule has 0 N–H and O–H groups in total. The van der Waals surface area contributed by atoms with Gasteiger partial charge in [0.2, 0.25) is 0 Å². The van der Waals surface area contributed by atoms with Crippen LogP contribution in [-0.4, -0.2) is 31.6 Å². The van der Waals surface area contributed by atoms with Crippen LogP contribution in [0, 0.1) is 0 Å². The third-order valence-corrected chi connectivity index (χ3v) is 4.03. The van der Waals surface area contributed by atoms with Crippen molar-refractivity contribution in [3.63, 3.8) is 0 Å². The first kappa shape index (κ1) is 15.9. The molecule has 0 saturated carbocycles. The summed E-state index contributed by atoms with van der Waals surface area (Å²) in [5, 5.41) is 0. The van der Waals surface area contributed by atoms with E-state index in [1.165, 1.54) is 7.11 Å². The third-order valence-electron chi connectivity index (χ3n) is 4.03. The number of benzene rings is 1. The lowest BCUT2D eigenvalue weighted by molar-refractivity contribution is 0.00578. The number of hydrogen-bond donors (Lipinski definition) is 0. The molecule has 1 aliphatic rings. The summed E-state index contributed by atoms with van der Waals surface area (Å²) in [7, 11) is 0.898. The SMILES string of the molecule is COC(=O)OCc1ccc(B2OC(C)(C)C(C)(C)O2)cc1. The van der Waals surface area contributed by atoms with Gasteiger partial charge in [0.15, 0.2) is 0 Å².